The average Bonchev–Trinajstić information content (AvgIpc) is 3.38. The minimum atomic E-state index is -1.49. The normalized spacial score (nSPS) is 14.2. The lowest BCUT2D eigenvalue weighted by molar-refractivity contribution is -0.150. The van der Waals surface area contributed by atoms with Crippen molar-refractivity contribution in [2.75, 3.05) is 39.6 Å². The van der Waals surface area contributed by atoms with Gasteiger partial charge in [0, 0.05) is 11.1 Å². The molecule has 0 bridgehead atoms. The van der Waals surface area contributed by atoms with Crippen LogP contribution in [0.1, 0.15) is 80.7 Å². The van der Waals surface area contributed by atoms with Crippen molar-refractivity contribution in [3.8, 4) is 45.3 Å². The molecule has 2 aliphatic rings. The molecule has 8 rings (SSSR count). The van der Waals surface area contributed by atoms with E-state index in [-0.39, 0.29) is 5.75 Å². The fourth-order valence-corrected chi connectivity index (χ4v) is 7.81. The Morgan fingerprint density at radius 3 is 1.76 bits per heavy atom. The van der Waals surface area contributed by atoms with Gasteiger partial charge in [-0.3, -0.25) is 14.4 Å². The first-order chi connectivity index (χ1) is 34.4. The Morgan fingerprint density at radius 1 is 0.611 bits per heavy atom. The predicted molar refractivity (Wildman–Crippen MR) is 279 cm³/mol. The van der Waals surface area contributed by atoms with E-state index in [9.17, 15) is 24.6 Å². The SMILES string of the molecule is C[C@](N)(CO)C(=O)O.Cc1ccc(C=O)cc1/C=C/c1cccc(-c2ccc3c(c2)OCCO3)c1C.Cc1ccc(CC[C@@](C)(CO)C(=O)O)cc1/C=C/c1cccc(-c2ccc3c(c2F)OCCO3)c1C. The van der Waals surface area contributed by atoms with E-state index < -0.39 is 41.9 Å². The first-order valence-electron chi connectivity index (χ1n) is 23.6. The number of ether oxygens (including phenoxy) is 4. The molecule has 0 saturated carbocycles. The third kappa shape index (κ3) is 13.0. The molecular weight excluding hydrogens is 918 g/mol. The van der Waals surface area contributed by atoms with E-state index in [2.05, 4.69) is 43.3 Å². The Labute approximate surface area is 419 Å². The van der Waals surface area contributed by atoms with E-state index in [1.807, 2.05) is 99.7 Å². The summed E-state index contributed by atoms with van der Waals surface area (Å²) in [5.41, 5.74) is 16.1. The summed E-state index contributed by atoms with van der Waals surface area (Å²) in [4.78, 5) is 32.5. The van der Waals surface area contributed by atoms with Gasteiger partial charge in [0.05, 0.1) is 18.6 Å². The Kier molecular flexibility index (Phi) is 17.9. The Morgan fingerprint density at radius 2 is 1.17 bits per heavy atom. The highest BCUT2D eigenvalue weighted by Crippen LogP contribution is 2.40. The maximum Gasteiger partial charge on any atom is 0.325 e. The Hall–Kier alpha value is -7.58. The lowest BCUT2D eigenvalue weighted by Crippen LogP contribution is -2.48. The first kappa shape index (κ1) is 53.8. The van der Waals surface area contributed by atoms with Crippen LogP contribution in [0.2, 0.25) is 0 Å². The van der Waals surface area contributed by atoms with Crippen molar-refractivity contribution in [2.45, 2.75) is 59.9 Å². The summed E-state index contributed by atoms with van der Waals surface area (Å²) in [6.45, 7) is 11.9. The number of carboxylic acid groups (broad SMARTS) is 2. The minimum Gasteiger partial charge on any atom is -0.486 e. The number of nitrogens with two attached hydrogens (primary N) is 1. The molecule has 0 unspecified atom stereocenters. The molecule has 2 atom stereocenters. The summed E-state index contributed by atoms with van der Waals surface area (Å²) >= 11 is 0. The van der Waals surface area contributed by atoms with Gasteiger partial charge in [-0.25, -0.2) is 4.39 Å². The minimum absolute atomic E-state index is 0.159. The second-order valence-corrected chi connectivity index (χ2v) is 18.3. The average molecular weight is 980 g/mol. The number of carbonyl (C=O) groups excluding carboxylic acids is 1. The lowest BCUT2D eigenvalue weighted by Gasteiger charge is -2.22. The van der Waals surface area contributed by atoms with Crippen LogP contribution in [0.15, 0.2) is 103 Å². The monoisotopic (exact) mass is 979 g/mol. The molecule has 6 aromatic carbocycles. The number of aliphatic carboxylic acids is 2. The number of hydrogen-bond acceptors (Lipinski definition) is 10. The Balaban J connectivity index is 0.000000209. The summed E-state index contributed by atoms with van der Waals surface area (Å²) in [6.07, 6.45) is 9.97. The van der Waals surface area contributed by atoms with Crippen molar-refractivity contribution < 1.29 is 58.1 Å². The van der Waals surface area contributed by atoms with Crippen molar-refractivity contribution in [2.24, 2.45) is 11.1 Å². The smallest absolute Gasteiger partial charge is 0.325 e. The zero-order valence-corrected chi connectivity index (χ0v) is 41.5. The van der Waals surface area contributed by atoms with Crippen molar-refractivity contribution in [3.63, 3.8) is 0 Å². The van der Waals surface area contributed by atoms with Gasteiger partial charge in [0.2, 0.25) is 0 Å². The molecule has 0 amide bonds. The number of aliphatic hydroxyl groups excluding tert-OH is 2. The lowest BCUT2D eigenvalue weighted by atomic mass is 9.84. The van der Waals surface area contributed by atoms with Gasteiger partial charge < -0.3 is 45.1 Å². The van der Waals surface area contributed by atoms with Crippen LogP contribution in [-0.4, -0.2) is 83.8 Å². The molecule has 13 heteroatoms. The van der Waals surface area contributed by atoms with Gasteiger partial charge in [-0.2, -0.15) is 0 Å². The summed E-state index contributed by atoms with van der Waals surface area (Å²) in [5.74, 6) is -0.432. The maximum atomic E-state index is 15.3. The predicted octanol–water partition coefficient (Wildman–Crippen LogP) is 10.6. The third-order valence-corrected chi connectivity index (χ3v) is 12.9. The van der Waals surface area contributed by atoms with Gasteiger partial charge in [0.25, 0.3) is 0 Å². The van der Waals surface area contributed by atoms with Crippen LogP contribution in [-0.2, 0) is 16.0 Å². The molecular formula is C59H62FNO11. The van der Waals surface area contributed by atoms with E-state index in [1.54, 1.807) is 19.1 Å². The van der Waals surface area contributed by atoms with E-state index in [0.717, 1.165) is 79.0 Å². The van der Waals surface area contributed by atoms with Gasteiger partial charge >= 0.3 is 11.9 Å². The summed E-state index contributed by atoms with van der Waals surface area (Å²) < 4.78 is 37.6. The van der Waals surface area contributed by atoms with Crippen molar-refractivity contribution in [3.05, 3.63) is 165 Å². The molecule has 0 saturated heterocycles. The molecule has 0 aromatic heterocycles. The number of hydrogen-bond donors (Lipinski definition) is 5. The highest BCUT2D eigenvalue weighted by atomic mass is 19.1. The molecule has 12 nitrogen and oxygen atoms in total. The summed E-state index contributed by atoms with van der Waals surface area (Å²) in [7, 11) is 0. The van der Waals surface area contributed by atoms with Gasteiger partial charge in [-0.15, -0.1) is 0 Å². The molecule has 2 heterocycles. The van der Waals surface area contributed by atoms with Crippen molar-refractivity contribution >= 4 is 42.5 Å². The van der Waals surface area contributed by atoms with Crippen molar-refractivity contribution in [1.29, 1.82) is 0 Å². The second kappa shape index (κ2) is 24.0. The highest BCUT2D eigenvalue weighted by molar-refractivity contribution is 5.83. The number of carboxylic acids is 2. The van der Waals surface area contributed by atoms with Crippen LogP contribution in [0.4, 0.5) is 4.39 Å². The van der Waals surface area contributed by atoms with Crippen LogP contribution < -0.4 is 24.7 Å². The summed E-state index contributed by atoms with van der Waals surface area (Å²) in [5, 5.41) is 35.4. The molecule has 6 N–H and O–H groups in total. The van der Waals surface area contributed by atoms with Gasteiger partial charge in [0.1, 0.15) is 38.3 Å². The van der Waals surface area contributed by atoms with E-state index >= 15 is 4.39 Å². The number of aryl methyl sites for hydroxylation is 3. The number of aldehydes is 1. The number of rotatable bonds is 14. The number of halogens is 1. The molecule has 72 heavy (non-hydrogen) atoms. The highest BCUT2D eigenvalue weighted by Gasteiger charge is 2.32. The number of aliphatic hydroxyl groups is 2. The van der Waals surface area contributed by atoms with E-state index in [0.29, 0.717) is 56.1 Å². The van der Waals surface area contributed by atoms with Crippen molar-refractivity contribution in [1.82, 2.24) is 0 Å². The second-order valence-electron chi connectivity index (χ2n) is 18.3. The molecule has 6 aromatic rings. The van der Waals surface area contributed by atoms with E-state index in [1.165, 1.54) is 12.5 Å². The quantitative estimate of drug-likeness (QED) is 0.0513. The Bertz CT molecular complexity index is 2990. The number of carbonyl (C=O) groups is 3. The van der Waals surface area contributed by atoms with Gasteiger partial charge in [0.15, 0.2) is 28.8 Å². The fraction of sp³-hybridized carbons (Fsp3) is 0.271. The topological polar surface area (TPSA) is 195 Å². The molecule has 0 fully saturated rings. The zero-order valence-electron chi connectivity index (χ0n) is 41.5. The molecule has 2 aliphatic heterocycles. The van der Waals surface area contributed by atoms with Crippen LogP contribution in [0.3, 0.4) is 0 Å². The fourth-order valence-electron chi connectivity index (χ4n) is 7.81. The van der Waals surface area contributed by atoms with Crippen LogP contribution in [0.25, 0.3) is 46.6 Å². The van der Waals surface area contributed by atoms with Crippen LogP contribution >= 0.6 is 0 Å². The van der Waals surface area contributed by atoms with E-state index in [4.69, 9.17) is 34.9 Å². The van der Waals surface area contributed by atoms with Gasteiger partial charge in [-0.1, -0.05) is 97.1 Å². The zero-order chi connectivity index (χ0) is 52.2. The van der Waals surface area contributed by atoms with Gasteiger partial charge in [-0.05, 0) is 151 Å². The van der Waals surface area contributed by atoms with Crippen LogP contribution in [0, 0.1) is 38.9 Å². The molecule has 0 spiro atoms. The number of benzene rings is 6. The molecule has 0 aliphatic carbocycles. The first-order valence-corrected chi connectivity index (χ1v) is 23.6. The standard InChI is InChI=1S/C30H31FO5.C25H22O3.C4H9NO3/c1-19-7-8-21(13-14-30(3,18-32)29(33)34)17-23(19)10-9-22-5-4-6-24(20(22)2)25-11-12-26-28(27(25)31)36-16-15-35-26;1-17-6-7-19(16-26)14-21(17)9-8-20-4-3-5-23(18(20)2)22-10-11-24-25(15-22)28-13-12-27-24;1-4(5,2-6)3(7)8/h4-12,17,32H,13-16,18H2,1-3H3,(H,33,34);3-11,14-16H,12-13H2,1-2H3;6H,2,5H2,1H3,(H,7,8)/b10-9+;9-8+;/t30-;;4-/m0.0/s1. The molecule has 0 radical (unpaired) electrons. The molecule has 376 valence electrons. The maximum absolute atomic E-state index is 15.3. The number of fused-ring (bicyclic) bond motifs is 2. The summed E-state index contributed by atoms with van der Waals surface area (Å²) in [6, 6.07) is 33.4. The largest absolute Gasteiger partial charge is 0.486 e. The van der Waals surface area contributed by atoms with Crippen LogP contribution in [0.5, 0.6) is 23.0 Å². The third-order valence-electron chi connectivity index (χ3n) is 12.9.